The minimum absolute atomic E-state index is 0.262. The molecule has 0 atom stereocenters. The number of aryl methyl sites for hydroxylation is 1. The summed E-state index contributed by atoms with van der Waals surface area (Å²) in [7, 11) is 0. The van der Waals surface area contributed by atoms with Gasteiger partial charge in [-0.3, -0.25) is 9.69 Å². The van der Waals surface area contributed by atoms with Gasteiger partial charge in [-0.1, -0.05) is 69.9 Å². The summed E-state index contributed by atoms with van der Waals surface area (Å²) in [5.41, 5.74) is 1.50. The Hall–Kier alpha value is -2.32. The zero-order chi connectivity index (χ0) is 21.3. The lowest BCUT2D eigenvalue weighted by molar-refractivity contribution is -0.113. The summed E-state index contributed by atoms with van der Waals surface area (Å²) in [4.78, 5) is 23.4. The molecule has 3 aromatic rings. The molecule has 0 saturated carbocycles. The predicted molar refractivity (Wildman–Crippen MR) is 121 cm³/mol. The van der Waals surface area contributed by atoms with Gasteiger partial charge in [0, 0.05) is 5.02 Å². The van der Waals surface area contributed by atoms with Crippen molar-refractivity contribution in [2.75, 3.05) is 4.90 Å². The Morgan fingerprint density at radius 2 is 1.90 bits per heavy atom. The largest absolute Gasteiger partial charge is 0.338 e. The average molecular weight is 480 g/mol. The second-order valence-electron chi connectivity index (χ2n) is 6.21. The number of benzene rings is 2. The van der Waals surface area contributed by atoms with Crippen molar-refractivity contribution in [2.45, 2.75) is 12.7 Å². The van der Waals surface area contributed by atoms with E-state index in [9.17, 15) is 4.79 Å². The van der Waals surface area contributed by atoms with Crippen LogP contribution in [0.5, 0.6) is 0 Å². The molecule has 1 aromatic heterocycles. The Morgan fingerprint density at radius 1 is 1.13 bits per heavy atom. The summed E-state index contributed by atoms with van der Waals surface area (Å²) in [5.74, 6) is 0.988. The number of amides is 1. The minimum Gasteiger partial charge on any atom is -0.338 e. The van der Waals surface area contributed by atoms with Crippen molar-refractivity contribution in [1.29, 1.82) is 0 Å². The summed E-state index contributed by atoms with van der Waals surface area (Å²) in [5, 5.41) is 5.42. The molecule has 1 aliphatic rings. The van der Waals surface area contributed by atoms with Crippen LogP contribution in [-0.2, 0) is 10.5 Å². The van der Waals surface area contributed by atoms with Gasteiger partial charge in [-0.05, 0) is 42.8 Å². The van der Waals surface area contributed by atoms with Crippen molar-refractivity contribution in [3.8, 4) is 0 Å². The smallest absolute Gasteiger partial charge is 0.283 e. The Kier molecular flexibility index (Phi) is 6.15. The molecule has 6 nitrogen and oxygen atoms in total. The predicted octanol–water partition coefficient (Wildman–Crippen LogP) is 6.02. The third kappa shape index (κ3) is 4.39. The summed E-state index contributed by atoms with van der Waals surface area (Å²) >= 11 is 19.8. The van der Waals surface area contributed by atoms with Gasteiger partial charge in [0.15, 0.2) is 11.0 Å². The molecule has 0 aliphatic carbocycles. The fourth-order valence-corrected chi connectivity index (χ4v) is 4.06. The molecule has 0 fully saturated rings. The van der Waals surface area contributed by atoms with Crippen LogP contribution in [0.2, 0.25) is 15.1 Å². The molecule has 30 heavy (non-hydrogen) atoms. The van der Waals surface area contributed by atoms with Crippen LogP contribution in [-0.4, -0.2) is 21.2 Å². The standard InChI is InChI=1S/C20H13Cl3N4O2S/c1-11-24-17(29-26-11)10-30-20-25-15(9-12-5-7-13(21)8-6-12)19(28)27(20)16-4-2-3-14(22)18(16)23/h2-9H,10H2,1H3/b15-9-. The van der Waals surface area contributed by atoms with E-state index in [0.29, 0.717) is 38.4 Å². The topological polar surface area (TPSA) is 71.6 Å². The molecule has 10 heteroatoms. The molecule has 152 valence electrons. The van der Waals surface area contributed by atoms with E-state index in [4.69, 9.17) is 39.3 Å². The van der Waals surface area contributed by atoms with E-state index in [1.165, 1.54) is 16.7 Å². The fourth-order valence-electron chi connectivity index (χ4n) is 2.71. The van der Waals surface area contributed by atoms with Gasteiger partial charge >= 0.3 is 0 Å². The molecule has 1 aliphatic heterocycles. The van der Waals surface area contributed by atoms with Crippen molar-refractivity contribution < 1.29 is 9.32 Å². The monoisotopic (exact) mass is 478 g/mol. The zero-order valence-corrected chi connectivity index (χ0v) is 18.6. The van der Waals surface area contributed by atoms with E-state index in [0.717, 1.165) is 5.56 Å². The summed E-state index contributed by atoms with van der Waals surface area (Å²) in [6, 6.07) is 12.2. The van der Waals surface area contributed by atoms with Crippen molar-refractivity contribution >= 4 is 69.4 Å². The summed E-state index contributed by atoms with van der Waals surface area (Å²) in [6.45, 7) is 1.74. The Labute approximate surface area is 191 Å². The van der Waals surface area contributed by atoms with Crippen molar-refractivity contribution in [3.05, 3.63) is 80.5 Å². The van der Waals surface area contributed by atoms with Crippen molar-refractivity contribution in [3.63, 3.8) is 0 Å². The number of aliphatic imine (C=N–C) groups is 1. The highest BCUT2D eigenvalue weighted by Gasteiger charge is 2.34. The number of carbonyl (C=O) groups excluding carboxylic acids is 1. The molecule has 0 saturated heterocycles. The maximum absolute atomic E-state index is 13.2. The van der Waals surface area contributed by atoms with Crippen LogP contribution >= 0.6 is 46.6 Å². The number of hydrogen-bond acceptors (Lipinski definition) is 6. The lowest BCUT2D eigenvalue weighted by Crippen LogP contribution is -2.30. The lowest BCUT2D eigenvalue weighted by atomic mass is 10.2. The van der Waals surface area contributed by atoms with Crippen LogP contribution in [0.25, 0.3) is 6.08 Å². The lowest BCUT2D eigenvalue weighted by Gasteiger charge is -2.19. The number of halogens is 3. The number of hydrogen-bond donors (Lipinski definition) is 0. The van der Waals surface area contributed by atoms with E-state index < -0.39 is 0 Å². The summed E-state index contributed by atoms with van der Waals surface area (Å²) in [6.07, 6.45) is 1.69. The first-order valence-electron chi connectivity index (χ1n) is 8.69. The second kappa shape index (κ2) is 8.81. The number of anilines is 1. The maximum Gasteiger partial charge on any atom is 0.283 e. The molecule has 0 radical (unpaired) electrons. The molecular weight excluding hydrogens is 467 g/mol. The maximum atomic E-state index is 13.2. The molecule has 2 heterocycles. The van der Waals surface area contributed by atoms with Gasteiger partial charge in [0.05, 0.1) is 21.5 Å². The highest BCUT2D eigenvalue weighted by Crippen LogP contribution is 2.38. The van der Waals surface area contributed by atoms with E-state index in [1.807, 2.05) is 0 Å². The number of rotatable bonds is 4. The van der Waals surface area contributed by atoms with Gasteiger partial charge in [-0.2, -0.15) is 4.98 Å². The zero-order valence-electron chi connectivity index (χ0n) is 15.5. The third-order valence-electron chi connectivity index (χ3n) is 4.07. The van der Waals surface area contributed by atoms with Gasteiger partial charge in [0.25, 0.3) is 5.91 Å². The number of nitrogens with zero attached hydrogens (tertiary/aromatic N) is 4. The highest BCUT2D eigenvalue weighted by atomic mass is 35.5. The van der Waals surface area contributed by atoms with Crippen LogP contribution in [0.3, 0.4) is 0 Å². The first-order chi connectivity index (χ1) is 14.4. The number of amidine groups is 1. The van der Waals surface area contributed by atoms with Crippen molar-refractivity contribution in [1.82, 2.24) is 10.1 Å². The number of carbonyl (C=O) groups is 1. The first kappa shape index (κ1) is 20.9. The van der Waals surface area contributed by atoms with Crippen LogP contribution in [0.1, 0.15) is 17.3 Å². The average Bonchev–Trinajstić information content (AvgIpc) is 3.27. The quantitative estimate of drug-likeness (QED) is 0.428. The van der Waals surface area contributed by atoms with Gasteiger partial charge in [-0.15, -0.1) is 0 Å². The normalized spacial score (nSPS) is 15.2. The first-order valence-corrected chi connectivity index (χ1v) is 10.8. The van der Waals surface area contributed by atoms with Gasteiger partial charge in [0.2, 0.25) is 5.89 Å². The molecule has 0 unspecified atom stereocenters. The molecule has 1 amide bonds. The molecular formula is C20H13Cl3N4O2S. The number of aromatic nitrogens is 2. The summed E-state index contributed by atoms with van der Waals surface area (Å²) < 4.78 is 5.15. The molecule has 0 N–H and O–H groups in total. The van der Waals surface area contributed by atoms with Crippen LogP contribution in [0.4, 0.5) is 5.69 Å². The van der Waals surface area contributed by atoms with Gasteiger partial charge in [-0.25, -0.2) is 4.99 Å². The van der Waals surface area contributed by atoms with E-state index in [-0.39, 0.29) is 16.6 Å². The molecule has 0 spiro atoms. The van der Waals surface area contributed by atoms with Gasteiger partial charge < -0.3 is 4.52 Å². The van der Waals surface area contributed by atoms with Crippen LogP contribution < -0.4 is 4.90 Å². The Balaban J connectivity index is 1.70. The molecule has 4 rings (SSSR count). The Morgan fingerprint density at radius 3 is 2.60 bits per heavy atom. The molecule has 0 bridgehead atoms. The van der Waals surface area contributed by atoms with E-state index in [1.54, 1.807) is 55.5 Å². The van der Waals surface area contributed by atoms with Gasteiger partial charge in [0.1, 0.15) is 5.70 Å². The number of thioether (sulfide) groups is 1. The molecule has 2 aromatic carbocycles. The minimum atomic E-state index is -0.321. The van der Waals surface area contributed by atoms with Crippen LogP contribution in [0.15, 0.2) is 57.7 Å². The fraction of sp³-hybridized carbons (Fsp3) is 0.100. The third-order valence-corrected chi connectivity index (χ3v) is 6.05. The SMILES string of the molecule is Cc1noc(CSC2=N/C(=C\c3ccc(Cl)cc3)C(=O)N2c2cccc(Cl)c2Cl)n1. The van der Waals surface area contributed by atoms with Crippen molar-refractivity contribution in [2.24, 2.45) is 4.99 Å². The van der Waals surface area contributed by atoms with E-state index >= 15 is 0 Å². The second-order valence-corrected chi connectivity index (χ2v) is 8.38. The van der Waals surface area contributed by atoms with E-state index in [2.05, 4.69) is 15.1 Å². The highest BCUT2D eigenvalue weighted by molar-refractivity contribution is 8.13. The van der Waals surface area contributed by atoms with Crippen LogP contribution in [0, 0.1) is 6.92 Å². The Bertz CT molecular complexity index is 1180.